The second-order valence-corrected chi connectivity index (χ2v) is 7.85. The lowest BCUT2D eigenvalue weighted by atomic mass is 10.1. The average Bonchev–Trinajstić information content (AvgIpc) is 2.73. The van der Waals surface area contributed by atoms with Crippen molar-refractivity contribution in [3.05, 3.63) is 35.9 Å². The van der Waals surface area contributed by atoms with Crippen molar-refractivity contribution in [1.29, 1.82) is 0 Å². The topological polar surface area (TPSA) is 67.9 Å². The Bertz CT molecular complexity index is 700. The van der Waals surface area contributed by atoms with E-state index in [-0.39, 0.29) is 17.9 Å². The second kappa shape index (κ2) is 13.8. The molecule has 0 unspecified atom stereocenters. The Morgan fingerprint density at radius 2 is 1.90 bits per heavy atom. The second-order valence-electron chi connectivity index (χ2n) is 7.85. The Hall–Kier alpha value is -2.34. The highest BCUT2D eigenvalue weighted by atomic mass is 16.6. The van der Waals surface area contributed by atoms with E-state index in [4.69, 9.17) is 9.47 Å². The number of likely N-dealkylation sites (N-methyl/N-ethyl adjacent to an activating group) is 1. The Labute approximate surface area is 181 Å². The lowest BCUT2D eigenvalue weighted by molar-refractivity contribution is -0.139. The first-order valence-corrected chi connectivity index (χ1v) is 10.8. The molecular formula is C24H38N2O4. The quantitative estimate of drug-likeness (QED) is 0.223. The first-order valence-electron chi connectivity index (χ1n) is 10.8. The van der Waals surface area contributed by atoms with Gasteiger partial charge in [-0.1, -0.05) is 39.0 Å². The van der Waals surface area contributed by atoms with Gasteiger partial charge in [0.2, 0.25) is 5.91 Å². The fourth-order valence-electron chi connectivity index (χ4n) is 2.76. The summed E-state index contributed by atoms with van der Waals surface area (Å²) in [6.45, 7) is 9.26. The molecule has 0 aliphatic carbocycles. The van der Waals surface area contributed by atoms with Crippen molar-refractivity contribution < 1.29 is 19.1 Å². The van der Waals surface area contributed by atoms with Crippen molar-refractivity contribution in [2.24, 2.45) is 5.92 Å². The molecule has 1 rings (SSSR count). The van der Waals surface area contributed by atoms with Gasteiger partial charge in [0.25, 0.3) is 0 Å². The molecular weight excluding hydrogens is 380 g/mol. The van der Waals surface area contributed by atoms with Crippen molar-refractivity contribution in [2.45, 2.75) is 66.0 Å². The van der Waals surface area contributed by atoms with Crippen LogP contribution in [0.15, 0.2) is 30.4 Å². The van der Waals surface area contributed by atoms with Crippen LogP contribution in [0.3, 0.4) is 0 Å². The molecule has 30 heavy (non-hydrogen) atoms. The number of benzene rings is 1. The number of hydrogen-bond donors (Lipinski definition) is 1. The van der Waals surface area contributed by atoms with Gasteiger partial charge < -0.3 is 14.8 Å². The summed E-state index contributed by atoms with van der Waals surface area (Å²) in [6.07, 6.45) is 7.79. The van der Waals surface area contributed by atoms with Gasteiger partial charge in [0.05, 0.1) is 7.11 Å². The number of unbranched alkanes of at least 4 members (excludes halogenated alkanes) is 2. The molecule has 1 aromatic carbocycles. The molecule has 0 spiro atoms. The van der Waals surface area contributed by atoms with Crippen LogP contribution >= 0.6 is 0 Å². The van der Waals surface area contributed by atoms with E-state index >= 15 is 0 Å². The lowest BCUT2D eigenvalue weighted by Crippen LogP contribution is -2.38. The van der Waals surface area contributed by atoms with E-state index in [0.29, 0.717) is 30.4 Å². The zero-order valence-electron chi connectivity index (χ0n) is 19.4. The van der Waals surface area contributed by atoms with Gasteiger partial charge in [-0.25, -0.2) is 4.79 Å². The van der Waals surface area contributed by atoms with Crippen LogP contribution in [0.5, 0.6) is 11.5 Å². The van der Waals surface area contributed by atoms with E-state index in [0.717, 1.165) is 31.4 Å². The molecule has 1 amide bonds. The van der Waals surface area contributed by atoms with Gasteiger partial charge in [0, 0.05) is 13.0 Å². The maximum atomic E-state index is 12.3. The van der Waals surface area contributed by atoms with Crippen LogP contribution in [0.2, 0.25) is 0 Å². The summed E-state index contributed by atoms with van der Waals surface area (Å²) >= 11 is 0. The van der Waals surface area contributed by atoms with Gasteiger partial charge in [-0.2, -0.15) is 0 Å². The molecule has 0 bridgehead atoms. The number of rotatable bonds is 13. The van der Waals surface area contributed by atoms with E-state index in [1.807, 2.05) is 31.9 Å². The van der Waals surface area contributed by atoms with Crippen molar-refractivity contribution >= 4 is 11.9 Å². The Morgan fingerprint density at radius 3 is 2.53 bits per heavy atom. The first kappa shape index (κ1) is 25.7. The molecule has 0 aliphatic heterocycles. The molecule has 0 saturated carbocycles. The standard InChI is InChI=1S/C24H38N2O4/c1-7-26(5)19(4)24(28)30-21-15-14-20(16-22(21)29-6)17-25-23(27)13-11-9-8-10-12-18(2)3/h10,12,14-16,18-19H,7-9,11,13,17H2,1-6H3,(H,25,27)/b12-10+/t19-/m0/s1. The normalized spacial score (nSPS) is 12.4. The number of allylic oxidation sites excluding steroid dienone is 2. The van der Waals surface area contributed by atoms with E-state index in [2.05, 4.69) is 31.3 Å². The Kier molecular flexibility index (Phi) is 11.8. The van der Waals surface area contributed by atoms with E-state index in [9.17, 15) is 9.59 Å². The van der Waals surface area contributed by atoms with Gasteiger partial charge in [-0.3, -0.25) is 9.69 Å². The molecule has 0 aliphatic rings. The van der Waals surface area contributed by atoms with Crippen molar-refractivity contribution in [1.82, 2.24) is 10.2 Å². The zero-order valence-corrected chi connectivity index (χ0v) is 19.4. The molecule has 1 aromatic rings. The first-order chi connectivity index (χ1) is 14.3. The molecule has 0 radical (unpaired) electrons. The Balaban J connectivity index is 2.50. The third-order valence-corrected chi connectivity index (χ3v) is 4.97. The highest BCUT2D eigenvalue weighted by Crippen LogP contribution is 2.28. The summed E-state index contributed by atoms with van der Waals surface area (Å²) in [5.74, 6) is 1.12. The minimum Gasteiger partial charge on any atom is -0.493 e. The summed E-state index contributed by atoms with van der Waals surface area (Å²) in [5.41, 5.74) is 0.888. The highest BCUT2D eigenvalue weighted by molar-refractivity contribution is 5.78. The summed E-state index contributed by atoms with van der Waals surface area (Å²) in [5, 5.41) is 2.93. The number of amides is 1. The summed E-state index contributed by atoms with van der Waals surface area (Å²) in [7, 11) is 3.40. The minimum absolute atomic E-state index is 0.0359. The predicted octanol–water partition coefficient (Wildman–Crippen LogP) is 4.33. The van der Waals surface area contributed by atoms with E-state index < -0.39 is 0 Å². The van der Waals surface area contributed by atoms with Crippen LogP contribution < -0.4 is 14.8 Å². The lowest BCUT2D eigenvalue weighted by Gasteiger charge is -2.21. The average molecular weight is 419 g/mol. The molecule has 0 heterocycles. The van der Waals surface area contributed by atoms with Gasteiger partial charge >= 0.3 is 5.97 Å². The van der Waals surface area contributed by atoms with Crippen molar-refractivity contribution in [3.8, 4) is 11.5 Å². The van der Waals surface area contributed by atoms with Crippen molar-refractivity contribution in [3.63, 3.8) is 0 Å². The third-order valence-electron chi connectivity index (χ3n) is 4.97. The number of carbonyl (C=O) groups excluding carboxylic acids is 2. The molecule has 1 N–H and O–H groups in total. The smallest absolute Gasteiger partial charge is 0.328 e. The van der Waals surface area contributed by atoms with Crippen LogP contribution in [0, 0.1) is 5.92 Å². The van der Waals surface area contributed by atoms with Crippen molar-refractivity contribution in [2.75, 3.05) is 20.7 Å². The van der Waals surface area contributed by atoms with Crippen LogP contribution in [0.25, 0.3) is 0 Å². The maximum Gasteiger partial charge on any atom is 0.328 e. The fourth-order valence-corrected chi connectivity index (χ4v) is 2.76. The zero-order chi connectivity index (χ0) is 22.5. The van der Waals surface area contributed by atoms with E-state index in [1.165, 1.54) is 7.11 Å². The SMILES string of the molecule is CCN(C)[C@@H](C)C(=O)Oc1ccc(CNC(=O)CCCC/C=C/C(C)C)cc1OC. The number of hydrogen-bond acceptors (Lipinski definition) is 5. The number of carbonyl (C=O) groups is 2. The van der Waals surface area contributed by atoms with Crippen LogP contribution in [0.1, 0.15) is 58.9 Å². The number of esters is 1. The fraction of sp³-hybridized carbons (Fsp3) is 0.583. The third kappa shape index (κ3) is 9.44. The molecule has 0 fully saturated rings. The summed E-state index contributed by atoms with van der Waals surface area (Å²) < 4.78 is 10.9. The van der Waals surface area contributed by atoms with E-state index in [1.54, 1.807) is 12.1 Å². The van der Waals surface area contributed by atoms with Gasteiger partial charge in [0.1, 0.15) is 6.04 Å². The number of nitrogens with one attached hydrogen (secondary N) is 1. The molecule has 6 heteroatoms. The monoisotopic (exact) mass is 418 g/mol. The highest BCUT2D eigenvalue weighted by Gasteiger charge is 2.20. The van der Waals surface area contributed by atoms with Crippen LogP contribution in [0.4, 0.5) is 0 Å². The number of ether oxygens (including phenoxy) is 2. The molecule has 168 valence electrons. The maximum absolute atomic E-state index is 12.3. The minimum atomic E-state index is -0.348. The number of nitrogens with zero attached hydrogens (tertiary/aromatic N) is 1. The summed E-state index contributed by atoms with van der Waals surface area (Å²) in [6, 6.07) is 4.97. The molecule has 0 saturated heterocycles. The van der Waals surface area contributed by atoms with Crippen LogP contribution in [-0.2, 0) is 16.1 Å². The predicted molar refractivity (Wildman–Crippen MR) is 121 cm³/mol. The molecule has 6 nitrogen and oxygen atoms in total. The van der Waals surface area contributed by atoms with Gasteiger partial charge in [0.15, 0.2) is 11.5 Å². The summed E-state index contributed by atoms with van der Waals surface area (Å²) in [4.78, 5) is 26.3. The molecule has 1 atom stereocenters. The Morgan fingerprint density at radius 1 is 1.17 bits per heavy atom. The number of methoxy groups -OCH3 is 1. The van der Waals surface area contributed by atoms with Gasteiger partial charge in [-0.05, 0) is 63.4 Å². The van der Waals surface area contributed by atoms with Crippen LogP contribution in [-0.4, -0.2) is 43.5 Å². The largest absolute Gasteiger partial charge is 0.493 e. The van der Waals surface area contributed by atoms with Gasteiger partial charge in [-0.15, -0.1) is 0 Å². The molecule has 0 aromatic heterocycles.